The van der Waals surface area contributed by atoms with E-state index in [0.29, 0.717) is 5.39 Å². The molecule has 0 radical (unpaired) electrons. The molecule has 0 aliphatic heterocycles. The van der Waals surface area contributed by atoms with E-state index in [-0.39, 0.29) is 5.56 Å². The molecule has 0 fully saturated rings. The highest BCUT2D eigenvalue weighted by Gasteiger charge is 2.09. The Kier molecular flexibility index (Phi) is 4.69. The average molecular weight is 367 g/mol. The quantitative estimate of drug-likeness (QED) is 0.591. The SMILES string of the molecule is Cc1nn2c([nH]c(=O)c3ccccc32)c1C.O=P(Cl)(Cl)Cl. The Labute approximate surface area is 134 Å². The van der Waals surface area contributed by atoms with E-state index < -0.39 is 5.20 Å². The summed E-state index contributed by atoms with van der Waals surface area (Å²) in [5.41, 5.74) is 3.51. The molecule has 5 nitrogen and oxygen atoms in total. The molecule has 0 bridgehead atoms. The van der Waals surface area contributed by atoms with Crippen molar-refractivity contribution in [1.82, 2.24) is 14.6 Å². The second kappa shape index (κ2) is 6.01. The molecule has 1 aromatic carbocycles. The summed E-state index contributed by atoms with van der Waals surface area (Å²) in [5.74, 6) is 0. The number of hydrogen-bond donors (Lipinski definition) is 1. The van der Waals surface area contributed by atoms with Crippen molar-refractivity contribution in [2.75, 3.05) is 0 Å². The van der Waals surface area contributed by atoms with Crippen LogP contribution in [-0.2, 0) is 4.57 Å². The minimum Gasteiger partial charge on any atom is -0.306 e. The Balaban J connectivity index is 0.000000282. The normalized spacial score (nSPS) is 11.5. The number of H-pyrrole nitrogens is 1. The van der Waals surface area contributed by atoms with E-state index in [2.05, 4.69) is 43.8 Å². The predicted octanol–water partition coefficient (Wildman–Crippen LogP) is 4.60. The van der Waals surface area contributed by atoms with Gasteiger partial charge in [-0.1, -0.05) is 12.1 Å². The van der Waals surface area contributed by atoms with E-state index in [1.54, 1.807) is 10.6 Å². The van der Waals surface area contributed by atoms with Crippen molar-refractivity contribution in [3.63, 3.8) is 0 Å². The van der Waals surface area contributed by atoms with Crippen LogP contribution in [0.3, 0.4) is 0 Å². The van der Waals surface area contributed by atoms with Crippen molar-refractivity contribution >= 4 is 55.5 Å². The van der Waals surface area contributed by atoms with Gasteiger partial charge in [0.15, 0.2) is 0 Å². The number of aromatic nitrogens is 3. The number of nitrogens with zero attached hydrogens (tertiary/aromatic N) is 2. The zero-order chi connectivity index (χ0) is 15.8. The first-order valence-corrected chi connectivity index (χ1v) is 10.3. The molecule has 2 heterocycles. The lowest BCUT2D eigenvalue weighted by molar-refractivity contribution is 0.600. The van der Waals surface area contributed by atoms with E-state index in [1.165, 1.54) is 0 Å². The highest BCUT2D eigenvalue weighted by molar-refractivity contribution is 8.24. The molecule has 0 aliphatic rings. The van der Waals surface area contributed by atoms with Crippen LogP contribution >= 0.6 is 38.9 Å². The van der Waals surface area contributed by atoms with Gasteiger partial charge in [0.1, 0.15) is 5.65 Å². The molecule has 2 aromatic heterocycles. The lowest BCUT2D eigenvalue weighted by Gasteiger charge is -2.00. The first-order valence-electron chi connectivity index (χ1n) is 5.84. The molecule has 1 N–H and O–H groups in total. The lowest BCUT2D eigenvalue weighted by Crippen LogP contribution is -2.10. The van der Waals surface area contributed by atoms with Gasteiger partial charge in [0.05, 0.1) is 16.6 Å². The van der Waals surface area contributed by atoms with Crippen LogP contribution in [0.5, 0.6) is 0 Å². The molecule has 112 valence electrons. The Hall–Kier alpha value is -1.000. The van der Waals surface area contributed by atoms with Gasteiger partial charge in [-0.2, -0.15) is 5.10 Å². The molecule has 9 heteroatoms. The van der Waals surface area contributed by atoms with E-state index in [4.69, 9.17) is 0 Å². The molecule has 0 atom stereocenters. The predicted molar refractivity (Wildman–Crippen MR) is 88.0 cm³/mol. The average Bonchev–Trinajstić information content (AvgIpc) is 2.65. The van der Waals surface area contributed by atoms with Crippen LogP contribution < -0.4 is 5.56 Å². The zero-order valence-electron chi connectivity index (χ0n) is 11.1. The van der Waals surface area contributed by atoms with Crippen LogP contribution in [0.15, 0.2) is 29.1 Å². The molecule has 0 saturated carbocycles. The van der Waals surface area contributed by atoms with Gasteiger partial charge in [-0.25, -0.2) is 4.52 Å². The fourth-order valence-corrected chi connectivity index (χ4v) is 1.95. The van der Waals surface area contributed by atoms with E-state index in [0.717, 1.165) is 22.4 Å². The number of halogens is 3. The van der Waals surface area contributed by atoms with Gasteiger partial charge >= 0.3 is 5.20 Å². The number of fused-ring (bicyclic) bond motifs is 3. The molecule has 21 heavy (non-hydrogen) atoms. The summed E-state index contributed by atoms with van der Waals surface area (Å²) in [6.07, 6.45) is 0. The second-order valence-corrected chi connectivity index (χ2v) is 11.0. The maximum absolute atomic E-state index is 11.9. The summed E-state index contributed by atoms with van der Waals surface area (Å²) in [4.78, 5) is 14.7. The lowest BCUT2D eigenvalue weighted by atomic mass is 10.2. The smallest absolute Gasteiger partial charge is 0.306 e. The summed E-state index contributed by atoms with van der Waals surface area (Å²) >= 11 is 13.8. The Morgan fingerprint density at radius 3 is 2.38 bits per heavy atom. The third-order valence-corrected chi connectivity index (χ3v) is 2.97. The summed E-state index contributed by atoms with van der Waals surface area (Å²) in [7, 11) is 0. The number of aryl methyl sites for hydroxylation is 2. The second-order valence-electron chi connectivity index (χ2n) is 4.34. The van der Waals surface area contributed by atoms with Crippen LogP contribution in [0.2, 0.25) is 0 Å². The fourth-order valence-electron chi connectivity index (χ4n) is 1.95. The third-order valence-electron chi connectivity index (χ3n) is 2.97. The number of nitrogens with one attached hydrogen (secondary N) is 1. The van der Waals surface area contributed by atoms with Gasteiger partial charge < -0.3 is 4.98 Å². The van der Waals surface area contributed by atoms with Gasteiger partial charge in [0, 0.05) is 5.56 Å². The number of hydrogen-bond acceptors (Lipinski definition) is 3. The van der Waals surface area contributed by atoms with Crippen molar-refractivity contribution < 1.29 is 4.57 Å². The molecule has 0 unspecified atom stereocenters. The van der Waals surface area contributed by atoms with E-state index >= 15 is 0 Å². The van der Waals surface area contributed by atoms with Crippen LogP contribution in [0, 0.1) is 13.8 Å². The molecule has 3 rings (SSSR count). The maximum Gasteiger partial charge on any atom is 0.339 e. The topological polar surface area (TPSA) is 67.2 Å². The van der Waals surface area contributed by atoms with Crippen molar-refractivity contribution in [2.45, 2.75) is 13.8 Å². The number of benzene rings is 1. The molecular weight excluding hydrogens is 355 g/mol. The Morgan fingerprint density at radius 2 is 1.76 bits per heavy atom. The zero-order valence-corrected chi connectivity index (χ0v) is 14.3. The molecular formula is C12H11Cl3N3O2P. The summed E-state index contributed by atoms with van der Waals surface area (Å²) in [6, 6.07) is 7.48. The molecule has 0 aliphatic carbocycles. The summed E-state index contributed by atoms with van der Waals surface area (Å²) < 4.78 is 11.3. The van der Waals surface area contributed by atoms with Crippen LogP contribution in [0.1, 0.15) is 11.3 Å². The van der Waals surface area contributed by atoms with Crippen LogP contribution in [0.4, 0.5) is 0 Å². The van der Waals surface area contributed by atoms with Gasteiger partial charge in [-0.15, -0.1) is 0 Å². The highest BCUT2D eigenvalue weighted by atomic mass is 36.0. The van der Waals surface area contributed by atoms with Crippen molar-refractivity contribution in [2.24, 2.45) is 0 Å². The first kappa shape index (κ1) is 16.4. The minimum atomic E-state index is -3.22. The van der Waals surface area contributed by atoms with E-state index in [1.807, 2.05) is 32.0 Å². The highest BCUT2D eigenvalue weighted by Crippen LogP contribution is 2.61. The van der Waals surface area contributed by atoms with Crippen molar-refractivity contribution in [3.8, 4) is 0 Å². The number of aromatic amines is 1. The van der Waals surface area contributed by atoms with Gasteiger partial charge in [0.2, 0.25) is 0 Å². The molecule has 0 spiro atoms. The minimum absolute atomic E-state index is 0.0638. The molecule has 3 aromatic rings. The van der Waals surface area contributed by atoms with Crippen LogP contribution in [-0.4, -0.2) is 14.6 Å². The molecule has 0 saturated heterocycles. The summed E-state index contributed by atoms with van der Waals surface area (Å²) in [6.45, 7) is 3.90. The maximum atomic E-state index is 11.9. The van der Waals surface area contributed by atoms with Gasteiger partial charge in [-0.3, -0.25) is 9.36 Å². The standard InChI is InChI=1S/C12H11N3O.Cl3OP/c1-7-8(2)14-15-10-6-4-3-5-9(10)12(16)13-11(7)15;1-5(2,3)4/h3-6H,1-2H3,(H,13,16);. The van der Waals surface area contributed by atoms with Gasteiger partial charge in [-0.05, 0) is 59.7 Å². The third kappa shape index (κ3) is 3.80. The summed E-state index contributed by atoms with van der Waals surface area (Å²) in [5, 5.41) is 1.87. The largest absolute Gasteiger partial charge is 0.339 e. The van der Waals surface area contributed by atoms with Crippen molar-refractivity contribution in [3.05, 3.63) is 45.9 Å². The fraction of sp³-hybridized carbons (Fsp3) is 0.167. The number of rotatable bonds is 0. The monoisotopic (exact) mass is 365 g/mol. The van der Waals surface area contributed by atoms with E-state index in [9.17, 15) is 9.36 Å². The number of para-hydroxylation sites is 1. The Morgan fingerprint density at radius 1 is 1.19 bits per heavy atom. The Bertz CT molecular complexity index is 905. The van der Waals surface area contributed by atoms with Crippen LogP contribution in [0.25, 0.3) is 16.6 Å². The first-order chi connectivity index (χ1) is 9.68. The molecule has 0 amide bonds. The van der Waals surface area contributed by atoms with Gasteiger partial charge in [0.25, 0.3) is 5.56 Å². The van der Waals surface area contributed by atoms with Crippen molar-refractivity contribution in [1.29, 1.82) is 0 Å².